The second-order valence-corrected chi connectivity index (χ2v) is 10.0. The van der Waals surface area contributed by atoms with Gasteiger partial charge in [-0.15, -0.1) is 0 Å². The van der Waals surface area contributed by atoms with Crippen LogP contribution in [0.1, 0.15) is 25.3 Å². The van der Waals surface area contributed by atoms with Gasteiger partial charge in [0.1, 0.15) is 4.32 Å². The van der Waals surface area contributed by atoms with Crippen molar-refractivity contribution in [1.29, 1.82) is 0 Å². The maximum absolute atomic E-state index is 12.9. The van der Waals surface area contributed by atoms with Crippen molar-refractivity contribution in [2.45, 2.75) is 25.9 Å². The molecule has 2 fully saturated rings. The number of nitrogens with one attached hydrogen (secondary N) is 1. The molecule has 184 valence electrons. The van der Waals surface area contributed by atoms with E-state index in [0.29, 0.717) is 44.6 Å². The molecule has 0 spiro atoms. The Morgan fingerprint density at radius 2 is 2.06 bits per heavy atom. The number of halogens is 1. The molecular formula is C25H25ClN2O5S2. The maximum Gasteiger partial charge on any atom is 0.266 e. The summed E-state index contributed by atoms with van der Waals surface area (Å²) < 4.78 is 17.6. The highest BCUT2D eigenvalue weighted by Gasteiger charge is 2.34. The molecule has 2 saturated heterocycles. The predicted octanol–water partition coefficient (Wildman–Crippen LogP) is 5.14. The van der Waals surface area contributed by atoms with Gasteiger partial charge in [0, 0.05) is 17.3 Å². The number of rotatable bonds is 9. The topological polar surface area (TPSA) is 77.1 Å². The number of nitrogens with zero attached hydrogens (tertiary/aromatic N) is 1. The molecule has 1 N–H and O–H groups in total. The van der Waals surface area contributed by atoms with Crippen LogP contribution in [0.15, 0.2) is 47.4 Å². The lowest BCUT2D eigenvalue weighted by Crippen LogP contribution is -2.35. The molecule has 2 amide bonds. The molecule has 4 rings (SSSR count). The van der Waals surface area contributed by atoms with Crippen LogP contribution in [0.2, 0.25) is 5.02 Å². The van der Waals surface area contributed by atoms with Crippen molar-refractivity contribution in [3.05, 3.63) is 58.0 Å². The van der Waals surface area contributed by atoms with Gasteiger partial charge in [0.2, 0.25) is 0 Å². The van der Waals surface area contributed by atoms with E-state index in [9.17, 15) is 9.59 Å². The van der Waals surface area contributed by atoms with Crippen molar-refractivity contribution in [3.8, 4) is 11.5 Å². The van der Waals surface area contributed by atoms with E-state index in [1.165, 1.54) is 11.8 Å². The Morgan fingerprint density at radius 3 is 2.77 bits per heavy atom. The van der Waals surface area contributed by atoms with E-state index in [1.807, 2.05) is 13.0 Å². The van der Waals surface area contributed by atoms with Crippen LogP contribution in [0.25, 0.3) is 6.08 Å². The van der Waals surface area contributed by atoms with Crippen molar-refractivity contribution >= 4 is 63.5 Å². The van der Waals surface area contributed by atoms with Crippen LogP contribution < -0.4 is 14.8 Å². The number of thioether (sulfide) groups is 1. The van der Waals surface area contributed by atoms with Crippen molar-refractivity contribution in [3.63, 3.8) is 0 Å². The van der Waals surface area contributed by atoms with Gasteiger partial charge < -0.3 is 19.5 Å². The van der Waals surface area contributed by atoms with Gasteiger partial charge in [-0.1, -0.05) is 41.6 Å². The fourth-order valence-corrected chi connectivity index (χ4v) is 5.08. The molecule has 2 aliphatic rings. The van der Waals surface area contributed by atoms with Crippen molar-refractivity contribution in [1.82, 2.24) is 4.90 Å². The molecule has 7 nitrogen and oxygen atoms in total. The number of carbonyl (C=O) groups excluding carboxylic acids is 2. The molecule has 0 aliphatic carbocycles. The van der Waals surface area contributed by atoms with Crippen LogP contribution in [0.3, 0.4) is 0 Å². The number of amides is 2. The largest absolute Gasteiger partial charge is 0.490 e. The summed E-state index contributed by atoms with van der Waals surface area (Å²) in [4.78, 5) is 27.4. The van der Waals surface area contributed by atoms with Gasteiger partial charge in [-0.05, 0) is 67.8 Å². The molecule has 0 unspecified atom stereocenters. The van der Waals surface area contributed by atoms with Gasteiger partial charge in [-0.3, -0.25) is 14.5 Å². The van der Waals surface area contributed by atoms with Crippen molar-refractivity contribution in [2.75, 3.05) is 31.7 Å². The Morgan fingerprint density at radius 1 is 1.26 bits per heavy atom. The predicted molar refractivity (Wildman–Crippen MR) is 142 cm³/mol. The molecule has 1 atom stereocenters. The average molecular weight is 533 g/mol. The standard InChI is InChI=1S/C25H25ClN2O5S2/c1-2-31-21-12-16(13-22-24(30)28(25(34)35-22)14-19-4-3-11-32-19)5-10-20(21)33-15-23(29)27-18-8-6-17(26)7-9-18/h5-10,12-13,19H,2-4,11,14-15H2,1H3,(H,27,29)/b22-13-/t19-/m0/s1. The summed E-state index contributed by atoms with van der Waals surface area (Å²) in [5.74, 6) is 0.484. The number of benzene rings is 2. The molecule has 0 aromatic heterocycles. The van der Waals surface area contributed by atoms with Crippen LogP contribution in [0.4, 0.5) is 5.69 Å². The van der Waals surface area contributed by atoms with E-state index >= 15 is 0 Å². The Hall–Kier alpha value is -2.59. The minimum atomic E-state index is -0.311. The van der Waals surface area contributed by atoms with Gasteiger partial charge in [0.15, 0.2) is 18.1 Å². The minimum Gasteiger partial charge on any atom is -0.490 e. The summed E-state index contributed by atoms with van der Waals surface area (Å²) in [5.41, 5.74) is 1.39. The second-order valence-electron chi connectivity index (χ2n) is 7.91. The summed E-state index contributed by atoms with van der Waals surface area (Å²) in [5, 5.41) is 3.34. The first kappa shape index (κ1) is 25.5. The van der Waals surface area contributed by atoms with E-state index in [-0.39, 0.29) is 24.5 Å². The summed E-state index contributed by atoms with van der Waals surface area (Å²) in [6.07, 6.45) is 3.77. The number of hydrogen-bond acceptors (Lipinski definition) is 7. The van der Waals surface area contributed by atoms with Crippen LogP contribution in [-0.2, 0) is 14.3 Å². The lowest BCUT2D eigenvalue weighted by atomic mass is 10.1. The van der Waals surface area contributed by atoms with Gasteiger partial charge in [0.05, 0.1) is 24.2 Å². The first-order valence-corrected chi connectivity index (χ1v) is 12.8. The molecule has 2 aromatic rings. The van der Waals surface area contributed by atoms with E-state index in [1.54, 1.807) is 47.4 Å². The van der Waals surface area contributed by atoms with Gasteiger partial charge in [0.25, 0.3) is 11.8 Å². The van der Waals surface area contributed by atoms with Gasteiger partial charge >= 0.3 is 0 Å². The monoisotopic (exact) mass is 532 g/mol. The lowest BCUT2D eigenvalue weighted by Gasteiger charge is -2.18. The second kappa shape index (κ2) is 11.9. The number of ether oxygens (including phenoxy) is 3. The summed E-state index contributed by atoms with van der Waals surface area (Å²) in [6, 6.07) is 12.1. The summed E-state index contributed by atoms with van der Waals surface area (Å²) in [7, 11) is 0. The highest BCUT2D eigenvalue weighted by Crippen LogP contribution is 2.35. The normalized spacial score (nSPS) is 18.9. The Labute approximate surface area is 218 Å². The summed E-state index contributed by atoms with van der Waals surface area (Å²) >= 11 is 12.6. The maximum atomic E-state index is 12.9. The third-order valence-corrected chi connectivity index (χ3v) is 6.97. The SMILES string of the molecule is CCOc1cc(/C=C2\SC(=S)N(C[C@@H]3CCCO3)C2=O)ccc1OCC(=O)Nc1ccc(Cl)cc1. The summed E-state index contributed by atoms with van der Waals surface area (Å²) in [6.45, 7) is 3.30. The zero-order valence-corrected chi connectivity index (χ0v) is 21.5. The minimum absolute atomic E-state index is 0.0368. The third-order valence-electron chi connectivity index (χ3n) is 5.34. The molecule has 35 heavy (non-hydrogen) atoms. The number of thiocarbonyl (C=S) groups is 1. The Bertz CT molecular complexity index is 1130. The Balaban J connectivity index is 1.41. The fourth-order valence-electron chi connectivity index (χ4n) is 3.68. The van der Waals surface area contributed by atoms with Crippen LogP contribution in [0, 0.1) is 0 Å². The molecule has 0 saturated carbocycles. The molecule has 2 aromatic carbocycles. The quantitative estimate of drug-likeness (QED) is 0.354. The molecular weight excluding hydrogens is 508 g/mol. The average Bonchev–Trinajstić information content (AvgIpc) is 3.44. The molecule has 10 heteroatoms. The van der Waals surface area contributed by atoms with Gasteiger partial charge in [-0.25, -0.2) is 0 Å². The van der Waals surface area contributed by atoms with E-state index in [0.717, 1.165) is 25.0 Å². The number of hydrogen-bond donors (Lipinski definition) is 1. The smallest absolute Gasteiger partial charge is 0.266 e. The zero-order valence-electron chi connectivity index (χ0n) is 19.1. The molecule has 2 aliphatic heterocycles. The first-order valence-electron chi connectivity index (χ1n) is 11.2. The van der Waals surface area contributed by atoms with Crippen LogP contribution >= 0.6 is 35.6 Å². The van der Waals surface area contributed by atoms with Crippen molar-refractivity contribution < 1.29 is 23.8 Å². The number of carbonyl (C=O) groups is 2. The lowest BCUT2D eigenvalue weighted by molar-refractivity contribution is -0.123. The van der Waals surface area contributed by atoms with E-state index in [4.69, 9.17) is 38.0 Å². The Kier molecular flexibility index (Phi) is 8.67. The van der Waals surface area contributed by atoms with Crippen LogP contribution in [-0.4, -0.2) is 53.5 Å². The van der Waals surface area contributed by atoms with Crippen LogP contribution in [0.5, 0.6) is 11.5 Å². The van der Waals surface area contributed by atoms with E-state index in [2.05, 4.69) is 5.32 Å². The van der Waals surface area contributed by atoms with E-state index < -0.39 is 0 Å². The molecule has 0 radical (unpaired) electrons. The third kappa shape index (κ3) is 6.76. The zero-order chi connectivity index (χ0) is 24.8. The fraction of sp³-hybridized carbons (Fsp3) is 0.320. The van der Waals surface area contributed by atoms with Gasteiger partial charge in [-0.2, -0.15) is 0 Å². The molecule has 0 bridgehead atoms. The first-order chi connectivity index (χ1) is 16.9. The molecule has 2 heterocycles. The highest BCUT2D eigenvalue weighted by atomic mass is 35.5. The van der Waals surface area contributed by atoms with Crippen molar-refractivity contribution in [2.24, 2.45) is 0 Å². The number of anilines is 1. The highest BCUT2D eigenvalue weighted by molar-refractivity contribution is 8.26.